The summed E-state index contributed by atoms with van der Waals surface area (Å²) in [5, 5.41) is 9.14. The second-order valence-corrected chi connectivity index (χ2v) is 5.03. The van der Waals surface area contributed by atoms with E-state index in [1.54, 1.807) is 0 Å². The molecule has 1 N–H and O–H groups in total. The first-order chi connectivity index (χ1) is 9.18. The molecule has 1 aromatic carbocycles. The summed E-state index contributed by atoms with van der Waals surface area (Å²) in [6.07, 6.45) is 2.08. The van der Waals surface area contributed by atoms with Crippen LogP contribution in [-0.2, 0) is 9.53 Å². The molecule has 1 aliphatic heterocycles. The highest BCUT2D eigenvalue weighted by molar-refractivity contribution is 5.68. The maximum Gasteiger partial charge on any atom is 0.305 e. The highest BCUT2D eigenvalue weighted by Gasteiger charge is 2.27. The molecule has 0 radical (unpaired) electrons. The zero-order chi connectivity index (χ0) is 13.7. The van der Waals surface area contributed by atoms with Gasteiger partial charge in [-0.2, -0.15) is 0 Å². The fourth-order valence-corrected chi connectivity index (χ4v) is 2.68. The zero-order valence-electron chi connectivity index (χ0n) is 11.3. The molecule has 4 heteroatoms. The standard InChI is InChI=1S/C15H21NO3/c1-16(13-7-9-19-10-8-13)14(11-15(17)18)12-5-3-2-4-6-12/h2-6,13-14H,7-11H2,1H3,(H,17,18). The maximum atomic E-state index is 11.1. The molecule has 4 nitrogen and oxygen atoms in total. The van der Waals surface area contributed by atoms with E-state index >= 15 is 0 Å². The van der Waals surface area contributed by atoms with Crippen LogP contribution in [0.4, 0.5) is 0 Å². The average Bonchev–Trinajstić information content (AvgIpc) is 2.46. The molecular formula is C15H21NO3. The van der Waals surface area contributed by atoms with E-state index in [1.807, 2.05) is 37.4 Å². The summed E-state index contributed by atoms with van der Waals surface area (Å²) in [5.74, 6) is -0.757. The summed E-state index contributed by atoms with van der Waals surface area (Å²) in [7, 11) is 2.02. The Bertz CT molecular complexity index is 401. The SMILES string of the molecule is CN(C1CCOCC1)C(CC(=O)O)c1ccccc1. The number of carbonyl (C=O) groups is 1. The van der Waals surface area contributed by atoms with E-state index < -0.39 is 5.97 Å². The summed E-state index contributed by atoms with van der Waals surface area (Å²) < 4.78 is 5.37. The van der Waals surface area contributed by atoms with Crippen molar-refractivity contribution in [3.8, 4) is 0 Å². The Morgan fingerprint density at radius 3 is 2.58 bits per heavy atom. The van der Waals surface area contributed by atoms with Crippen molar-refractivity contribution in [1.29, 1.82) is 0 Å². The molecule has 0 aromatic heterocycles. The van der Waals surface area contributed by atoms with Gasteiger partial charge in [0.1, 0.15) is 0 Å². The van der Waals surface area contributed by atoms with Crippen LogP contribution in [0.25, 0.3) is 0 Å². The largest absolute Gasteiger partial charge is 0.481 e. The molecule has 1 aliphatic rings. The van der Waals surface area contributed by atoms with Gasteiger partial charge in [-0.15, -0.1) is 0 Å². The maximum absolute atomic E-state index is 11.1. The molecule has 0 bridgehead atoms. The third kappa shape index (κ3) is 3.78. The van der Waals surface area contributed by atoms with E-state index in [4.69, 9.17) is 9.84 Å². The van der Waals surface area contributed by atoms with Crippen LogP contribution in [0, 0.1) is 0 Å². The van der Waals surface area contributed by atoms with Crippen molar-refractivity contribution in [2.75, 3.05) is 20.3 Å². The summed E-state index contributed by atoms with van der Waals surface area (Å²) >= 11 is 0. The minimum atomic E-state index is -0.757. The van der Waals surface area contributed by atoms with E-state index in [-0.39, 0.29) is 12.5 Å². The van der Waals surface area contributed by atoms with E-state index in [2.05, 4.69) is 4.90 Å². The van der Waals surface area contributed by atoms with Crippen LogP contribution in [0.3, 0.4) is 0 Å². The van der Waals surface area contributed by atoms with Crippen LogP contribution in [0.1, 0.15) is 30.9 Å². The minimum absolute atomic E-state index is 0.0678. The molecule has 1 unspecified atom stereocenters. The molecule has 0 spiro atoms. The highest BCUT2D eigenvalue weighted by atomic mass is 16.5. The number of nitrogens with zero attached hydrogens (tertiary/aromatic N) is 1. The van der Waals surface area contributed by atoms with E-state index in [0.29, 0.717) is 6.04 Å². The Kier molecular flexibility index (Phi) is 4.93. The monoisotopic (exact) mass is 263 g/mol. The fraction of sp³-hybridized carbons (Fsp3) is 0.533. The van der Waals surface area contributed by atoms with Gasteiger partial charge >= 0.3 is 5.97 Å². The Labute approximate surface area is 114 Å². The number of aliphatic carboxylic acids is 1. The third-order valence-electron chi connectivity index (χ3n) is 3.81. The average molecular weight is 263 g/mol. The second kappa shape index (κ2) is 6.68. The molecule has 0 amide bonds. The lowest BCUT2D eigenvalue weighted by Gasteiger charge is -2.36. The minimum Gasteiger partial charge on any atom is -0.481 e. The summed E-state index contributed by atoms with van der Waals surface area (Å²) in [6.45, 7) is 1.53. The van der Waals surface area contributed by atoms with Gasteiger partial charge in [0.2, 0.25) is 0 Å². The fourth-order valence-electron chi connectivity index (χ4n) is 2.68. The predicted molar refractivity (Wildman–Crippen MR) is 73.0 cm³/mol. The lowest BCUT2D eigenvalue weighted by atomic mass is 9.98. The third-order valence-corrected chi connectivity index (χ3v) is 3.81. The molecule has 1 heterocycles. The van der Waals surface area contributed by atoms with Gasteiger partial charge in [0.25, 0.3) is 0 Å². The summed E-state index contributed by atoms with van der Waals surface area (Å²) in [6, 6.07) is 10.2. The Morgan fingerprint density at radius 1 is 1.37 bits per heavy atom. The van der Waals surface area contributed by atoms with Gasteiger partial charge in [-0.05, 0) is 25.5 Å². The van der Waals surface area contributed by atoms with Gasteiger partial charge in [-0.25, -0.2) is 0 Å². The lowest BCUT2D eigenvalue weighted by Crippen LogP contribution is -2.39. The van der Waals surface area contributed by atoms with Crippen molar-refractivity contribution in [1.82, 2.24) is 4.90 Å². The quantitative estimate of drug-likeness (QED) is 0.885. The number of hydrogen-bond donors (Lipinski definition) is 1. The normalized spacial score (nSPS) is 18.4. The topological polar surface area (TPSA) is 49.8 Å². The van der Waals surface area contributed by atoms with E-state index in [9.17, 15) is 4.79 Å². The molecule has 0 aliphatic carbocycles. The molecule has 1 fully saturated rings. The van der Waals surface area contributed by atoms with Gasteiger partial charge in [0, 0.05) is 25.3 Å². The Balaban J connectivity index is 2.14. The number of rotatable bonds is 5. The first-order valence-electron chi connectivity index (χ1n) is 6.75. The van der Waals surface area contributed by atoms with Gasteiger partial charge in [0.05, 0.1) is 6.42 Å². The van der Waals surface area contributed by atoms with Crippen molar-refractivity contribution in [2.45, 2.75) is 31.3 Å². The number of hydrogen-bond acceptors (Lipinski definition) is 3. The van der Waals surface area contributed by atoms with Crippen molar-refractivity contribution in [3.05, 3.63) is 35.9 Å². The molecule has 1 aromatic rings. The Morgan fingerprint density at radius 2 is 2.00 bits per heavy atom. The Hall–Kier alpha value is -1.39. The molecule has 104 valence electrons. The van der Waals surface area contributed by atoms with Crippen molar-refractivity contribution in [2.24, 2.45) is 0 Å². The second-order valence-electron chi connectivity index (χ2n) is 5.03. The van der Waals surface area contributed by atoms with Gasteiger partial charge in [0.15, 0.2) is 0 Å². The predicted octanol–water partition coefficient (Wildman–Crippen LogP) is 2.31. The summed E-state index contributed by atoms with van der Waals surface area (Å²) in [4.78, 5) is 13.3. The van der Waals surface area contributed by atoms with Crippen molar-refractivity contribution in [3.63, 3.8) is 0 Å². The lowest BCUT2D eigenvalue weighted by molar-refractivity contribution is -0.138. The molecule has 0 saturated carbocycles. The number of benzene rings is 1. The van der Waals surface area contributed by atoms with Crippen LogP contribution < -0.4 is 0 Å². The number of carboxylic acid groups (broad SMARTS) is 1. The smallest absolute Gasteiger partial charge is 0.305 e. The number of ether oxygens (including phenoxy) is 1. The molecule has 1 atom stereocenters. The zero-order valence-corrected chi connectivity index (χ0v) is 11.3. The van der Waals surface area contributed by atoms with Gasteiger partial charge in [-0.1, -0.05) is 30.3 Å². The van der Waals surface area contributed by atoms with Gasteiger partial charge in [-0.3, -0.25) is 9.69 Å². The molecular weight excluding hydrogens is 242 g/mol. The molecule has 1 saturated heterocycles. The number of carboxylic acids is 1. The van der Waals surface area contributed by atoms with Crippen LogP contribution >= 0.6 is 0 Å². The van der Waals surface area contributed by atoms with Crippen LogP contribution in [0.2, 0.25) is 0 Å². The first kappa shape index (κ1) is 14.0. The van der Waals surface area contributed by atoms with Crippen molar-refractivity contribution >= 4 is 5.97 Å². The van der Waals surface area contributed by atoms with E-state index in [0.717, 1.165) is 31.6 Å². The van der Waals surface area contributed by atoms with Crippen LogP contribution in [0.5, 0.6) is 0 Å². The van der Waals surface area contributed by atoms with Crippen molar-refractivity contribution < 1.29 is 14.6 Å². The highest BCUT2D eigenvalue weighted by Crippen LogP contribution is 2.28. The molecule has 19 heavy (non-hydrogen) atoms. The first-order valence-corrected chi connectivity index (χ1v) is 6.75. The van der Waals surface area contributed by atoms with Crippen LogP contribution in [-0.4, -0.2) is 42.3 Å². The van der Waals surface area contributed by atoms with E-state index in [1.165, 1.54) is 0 Å². The molecule has 2 rings (SSSR count). The van der Waals surface area contributed by atoms with Crippen LogP contribution in [0.15, 0.2) is 30.3 Å². The van der Waals surface area contributed by atoms with Gasteiger partial charge < -0.3 is 9.84 Å². The summed E-state index contributed by atoms with van der Waals surface area (Å²) in [5.41, 5.74) is 1.07.